The number of piperidine rings is 1. The lowest BCUT2D eigenvalue weighted by molar-refractivity contribution is -0.165. The van der Waals surface area contributed by atoms with Gasteiger partial charge in [-0.15, -0.1) is 4.73 Å². The first-order chi connectivity index (χ1) is 11.6. The average Bonchev–Trinajstić information content (AvgIpc) is 2.59. The van der Waals surface area contributed by atoms with Gasteiger partial charge < -0.3 is 36.3 Å². The molecule has 140 valence electrons. The van der Waals surface area contributed by atoms with Crippen molar-refractivity contribution in [2.75, 3.05) is 23.7 Å². The fourth-order valence-corrected chi connectivity index (χ4v) is 2.06. The fourth-order valence-electron chi connectivity index (χ4n) is 2.06. The molecule has 1 aromatic heterocycles. The van der Waals surface area contributed by atoms with Crippen LogP contribution in [0.1, 0.15) is 19.3 Å². The minimum Gasteiger partial charge on any atom is -0.479 e. The van der Waals surface area contributed by atoms with Crippen LogP contribution in [0.2, 0.25) is 0 Å². The molecule has 1 aliphatic rings. The predicted molar refractivity (Wildman–Crippen MR) is 83.0 cm³/mol. The Morgan fingerprint density at radius 1 is 1.12 bits per heavy atom. The minimum absolute atomic E-state index is 0.149. The molecule has 0 aliphatic carbocycles. The Bertz CT molecular complexity index is 653. The molecule has 2 rings (SSSR count). The number of aliphatic hydroxyl groups excluding tert-OH is 2. The van der Waals surface area contributed by atoms with Crippen LogP contribution in [0.15, 0.2) is 6.07 Å². The highest BCUT2D eigenvalue weighted by Crippen LogP contribution is 2.17. The zero-order chi connectivity index (χ0) is 19.1. The van der Waals surface area contributed by atoms with Crippen LogP contribution in [0.4, 0.5) is 11.6 Å². The van der Waals surface area contributed by atoms with E-state index in [-0.39, 0.29) is 11.4 Å². The SMILES string of the molecule is N=c1nc(N2CCCCC2)cc(N)n1O.O=C(O)C(O)C(O)C(=O)O. The normalized spacial score (nSPS) is 16.3. The molecule has 12 nitrogen and oxygen atoms in total. The summed E-state index contributed by atoms with van der Waals surface area (Å²) < 4.78 is 0.577. The number of aliphatic carboxylic acids is 2. The van der Waals surface area contributed by atoms with Gasteiger partial charge in [-0.25, -0.2) is 9.59 Å². The number of hydrogen-bond donors (Lipinski definition) is 7. The molecule has 8 N–H and O–H groups in total. The van der Waals surface area contributed by atoms with Gasteiger partial charge in [-0.2, -0.15) is 4.98 Å². The summed E-state index contributed by atoms with van der Waals surface area (Å²) in [4.78, 5) is 25.6. The van der Waals surface area contributed by atoms with Crippen molar-refractivity contribution in [3.63, 3.8) is 0 Å². The summed E-state index contributed by atoms with van der Waals surface area (Å²) in [7, 11) is 0. The first kappa shape index (κ1) is 20.2. The van der Waals surface area contributed by atoms with Gasteiger partial charge >= 0.3 is 11.9 Å². The third-order valence-electron chi connectivity index (χ3n) is 3.43. The van der Waals surface area contributed by atoms with E-state index in [9.17, 15) is 14.8 Å². The number of aliphatic hydroxyl groups is 2. The molecule has 1 fully saturated rings. The lowest BCUT2D eigenvalue weighted by atomic mass is 10.1. The molecule has 2 unspecified atom stereocenters. The molecule has 0 spiro atoms. The fraction of sp³-hybridized carbons (Fsp3) is 0.538. The highest BCUT2D eigenvalue weighted by Gasteiger charge is 2.29. The maximum atomic E-state index is 9.77. The number of nitrogen functional groups attached to an aromatic ring is 1. The van der Waals surface area contributed by atoms with Crippen molar-refractivity contribution in [1.82, 2.24) is 9.71 Å². The second-order valence-corrected chi connectivity index (χ2v) is 5.29. The Hall–Kier alpha value is -2.86. The van der Waals surface area contributed by atoms with E-state index in [0.717, 1.165) is 25.9 Å². The number of carboxylic acids is 2. The number of nitrogens with zero attached hydrogens (tertiary/aromatic N) is 3. The third kappa shape index (κ3) is 5.61. The van der Waals surface area contributed by atoms with E-state index < -0.39 is 24.1 Å². The summed E-state index contributed by atoms with van der Waals surface area (Å²) in [5.41, 5.74) is 5.33. The van der Waals surface area contributed by atoms with Crippen LogP contribution in [0.3, 0.4) is 0 Å². The predicted octanol–water partition coefficient (Wildman–Crippen LogP) is -1.95. The Kier molecular flexibility index (Phi) is 7.14. The lowest BCUT2D eigenvalue weighted by Crippen LogP contribution is -2.39. The zero-order valence-electron chi connectivity index (χ0n) is 13.2. The molecule has 0 saturated carbocycles. The molecule has 1 aromatic rings. The van der Waals surface area contributed by atoms with Gasteiger partial charge in [-0.1, -0.05) is 0 Å². The second-order valence-electron chi connectivity index (χ2n) is 5.29. The first-order valence-electron chi connectivity index (χ1n) is 7.35. The third-order valence-corrected chi connectivity index (χ3v) is 3.43. The minimum atomic E-state index is -2.27. The first-order valence-corrected chi connectivity index (χ1v) is 7.35. The van der Waals surface area contributed by atoms with Crippen molar-refractivity contribution in [2.45, 2.75) is 31.5 Å². The van der Waals surface area contributed by atoms with E-state index in [1.165, 1.54) is 6.42 Å². The van der Waals surface area contributed by atoms with E-state index in [4.69, 9.17) is 31.6 Å². The molecule has 0 radical (unpaired) electrons. The van der Waals surface area contributed by atoms with Crippen LogP contribution in [0.5, 0.6) is 0 Å². The van der Waals surface area contributed by atoms with Crippen LogP contribution >= 0.6 is 0 Å². The van der Waals surface area contributed by atoms with Crippen LogP contribution in [-0.2, 0) is 9.59 Å². The maximum absolute atomic E-state index is 9.77. The quantitative estimate of drug-likeness (QED) is 0.296. The Labute approximate surface area is 141 Å². The summed E-state index contributed by atoms with van der Waals surface area (Å²) in [6, 6.07) is 1.60. The number of nitrogens with two attached hydrogens (primary N) is 1. The van der Waals surface area contributed by atoms with Crippen LogP contribution in [0.25, 0.3) is 0 Å². The molecule has 0 amide bonds. The van der Waals surface area contributed by atoms with Crippen molar-refractivity contribution in [2.24, 2.45) is 0 Å². The van der Waals surface area contributed by atoms with Crippen molar-refractivity contribution in [3.8, 4) is 0 Å². The number of anilines is 2. The summed E-state index contributed by atoms with van der Waals surface area (Å²) in [5.74, 6) is -2.71. The van der Waals surface area contributed by atoms with Crippen LogP contribution < -0.4 is 16.3 Å². The van der Waals surface area contributed by atoms with E-state index in [0.29, 0.717) is 10.5 Å². The number of hydrogen-bond acceptors (Lipinski definition) is 9. The topological polar surface area (TPSA) is 206 Å². The molecule has 12 heteroatoms. The molecular weight excluding hydrogens is 338 g/mol. The number of rotatable bonds is 4. The standard InChI is InChI=1S/C9H15N5O.C4H6O6/c10-7-6-8(12-9(11)14(7)15)13-4-2-1-3-5-13;5-1(3(7)8)2(6)4(9)10/h6,11,15H,1-5,10H2;1-2,5-6H,(H,7,8)(H,9,10). The van der Waals surface area contributed by atoms with Gasteiger partial charge in [0.15, 0.2) is 12.2 Å². The van der Waals surface area contributed by atoms with Crippen molar-refractivity contribution >= 4 is 23.6 Å². The Balaban J connectivity index is 0.000000275. The number of nitrogens with one attached hydrogen (secondary N) is 1. The molecule has 2 heterocycles. The van der Waals surface area contributed by atoms with Crippen molar-refractivity contribution in [1.29, 1.82) is 5.41 Å². The summed E-state index contributed by atoms with van der Waals surface area (Å²) in [6.07, 6.45) is -1.01. The van der Waals surface area contributed by atoms with E-state index >= 15 is 0 Å². The van der Waals surface area contributed by atoms with E-state index in [2.05, 4.69) is 9.88 Å². The smallest absolute Gasteiger partial charge is 0.335 e. The summed E-state index contributed by atoms with van der Waals surface area (Å²) in [5, 5.41) is 49.2. The Morgan fingerprint density at radius 3 is 2.00 bits per heavy atom. The molecule has 2 atom stereocenters. The van der Waals surface area contributed by atoms with Gasteiger partial charge in [0.2, 0.25) is 0 Å². The maximum Gasteiger partial charge on any atom is 0.335 e. The van der Waals surface area contributed by atoms with Crippen molar-refractivity contribution in [3.05, 3.63) is 11.7 Å². The molecule has 0 bridgehead atoms. The number of carboxylic acid groups (broad SMARTS) is 2. The van der Waals surface area contributed by atoms with E-state index in [1.54, 1.807) is 6.07 Å². The molecular formula is C13H21N5O7. The zero-order valence-corrected chi connectivity index (χ0v) is 13.2. The Morgan fingerprint density at radius 2 is 1.60 bits per heavy atom. The van der Waals surface area contributed by atoms with Gasteiger partial charge in [-0.05, 0) is 19.3 Å². The van der Waals surface area contributed by atoms with Gasteiger partial charge in [0.1, 0.15) is 11.6 Å². The van der Waals surface area contributed by atoms with Gasteiger partial charge in [0.05, 0.1) is 0 Å². The van der Waals surface area contributed by atoms with Crippen molar-refractivity contribution < 1.29 is 35.2 Å². The summed E-state index contributed by atoms with van der Waals surface area (Å²) in [6.45, 7) is 1.89. The second kappa shape index (κ2) is 8.84. The van der Waals surface area contributed by atoms with Gasteiger partial charge in [-0.3, -0.25) is 5.41 Å². The van der Waals surface area contributed by atoms with Gasteiger partial charge in [0, 0.05) is 19.2 Å². The largest absolute Gasteiger partial charge is 0.479 e. The molecule has 25 heavy (non-hydrogen) atoms. The van der Waals surface area contributed by atoms with Crippen LogP contribution in [-0.4, -0.2) is 72.6 Å². The van der Waals surface area contributed by atoms with E-state index in [1.807, 2.05) is 0 Å². The monoisotopic (exact) mass is 359 g/mol. The highest BCUT2D eigenvalue weighted by atomic mass is 16.5. The number of aromatic nitrogens is 2. The molecule has 0 aromatic carbocycles. The highest BCUT2D eigenvalue weighted by molar-refractivity contribution is 5.83. The number of carbonyl (C=O) groups is 2. The lowest BCUT2D eigenvalue weighted by Gasteiger charge is -2.27. The van der Waals surface area contributed by atoms with Gasteiger partial charge in [0.25, 0.3) is 5.62 Å². The molecule has 1 saturated heterocycles. The average molecular weight is 359 g/mol. The van der Waals surface area contributed by atoms with Crippen LogP contribution in [0, 0.1) is 5.41 Å². The summed E-state index contributed by atoms with van der Waals surface area (Å²) >= 11 is 0. The molecule has 1 aliphatic heterocycles.